The Labute approximate surface area is 127 Å². The van der Waals surface area contributed by atoms with E-state index in [1.165, 1.54) is 11.3 Å². The van der Waals surface area contributed by atoms with Crippen LogP contribution in [0.5, 0.6) is 0 Å². The van der Waals surface area contributed by atoms with Crippen LogP contribution in [-0.4, -0.2) is 15.5 Å². The fraction of sp³-hybridized carbons (Fsp3) is 0.250. The van der Waals surface area contributed by atoms with E-state index in [4.69, 9.17) is 0 Å². The predicted molar refractivity (Wildman–Crippen MR) is 85.6 cm³/mol. The maximum Gasteiger partial charge on any atom is 0.261 e. The van der Waals surface area contributed by atoms with Crippen molar-refractivity contribution >= 4 is 28.3 Å². The molecule has 5 heteroatoms. The van der Waals surface area contributed by atoms with Crippen molar-refractivity contribution in [3.8, 4) is 0 Å². The van der Waals surface area contributed by atoms with Gasteiger partial charge in [0.15, 0.2) is 0 Å². The second-order valence-electron chi connectivity index (χ2n) is 5.23. The van der Waals surface area contributed by atoms with E-state index in [1.807, 2.05) is 36.0 Å². The van der Waals surface area contributed by atoms with E-state index < -0.39 is 0 Å². The highest BCUT2D eigenvalue weighted by molar-refractivity contribution is 7.12. The molecule has 2 heterocycles. The molecule has 0 radical (unpaired) electrons. The summed E-state index contributed by atoms with van der Waals surface area (Å²) in [5, 5.41) is 4.83. The van der Waals surface area contributed by atoms with Crippen LogP contribution in [0, 0.1) is 0 Å². The number of benzene rings is 1. The molecule has 108 valence electrons. The third-order valence-corrected chi connectivity index (χ3v) is 4.26. The molecule has 0 spiro atoms. The van der Waals surface area contributed by atoms with E-state index in [-0.39, 0.29) is 5.91 Å². The molecule has 0 bridgehead atoms. The number of nitrogens with zero attached hydrogens (tertiary/aromatic N) is 2. The summed E-state index contributed by atoms with van der Waals surface area (Å²) in [5.74, 6) is -0.0298. The van der Waals surface area contributed by atoms with E-state index >= 15 is 0 Å². The van der Waals surface area contributed by atoms with Crippen LogP contribution >= 0.6 is 11.3 Å². The summed E-state index contributed by atoms with van der Waals surface area (Å²) in [5.41, 5.74) is 3.14. The van der Waals surface area contributed by atoms with Gasteiger partial charge in [0, 0.05) is 12.6 Å². The molecule has 0 saturated heterocycles. The minimum atomic E-state index is -0.0298. The zero-order valence-electron chi connectivity index (χ0n) is 12.0. The lowest BCUT2D eigenvalue weighted by Gasteiger charge is -2.08. The summed E-state index contributed by atoms with van der Waals surface area (Å²) in [6.07, 6.45) is 1.86. The largest absolute Gasteiger partial charge is 0.347 e. The van der Waals surface area contributed by atoms with E-state index in [1.54, 1.807) is 0 Å². The minimum absolute atomic E-state index is 0.0298. The molecule has 0 saturated carbocycles. The van der Waals surface area contributed by atoms with Crippen LogP contribution in [0.2, 0.25) is 0 Å². The molecule has 3 rings (SSSR count). The van der Waals surface area contributed by atoms with Gasteiger partial charge in [-0.3, -0.25) is 4.79 Å². The van der Waals surface area contributed by atoms with Gasteiger partial charge < -0.3 is 9.88 Å². The third kappa shape index (κ3) is 2.83. The van der Waals surface area contributed by atoms with Crippen molar-refractivity contribution in [2.45, 2.75) is 26.4 Å². The van der Waals surface area contributed by atoms with Crippen molar-refractivity contribution in [3.63, 3.8) is 0 Å². The fourth-order valence-corrected chi connectivity index (χ4v) is 2.92. The molecule has 21 heavy (non-hydrogen) atoms. The van der Waals surface area contributed by atoms with Crippen LogP contribution in [0.25, 0.3) is 11.0 Å². The van der Waals surface area contributed by atoms with Crippen LogP contribution in [0.15, 0.2) is 42.0 Å². The lowest BCUT2D eigenvalue weighted by atomic mass is 10.2. The van der Waals surface area contributed by atoms with Crippen LogP contribution in [0.1, 0.15) is 35.1 Å². The average molecular weight is 299 g/mol. The van der Waals surface area contributed by atoms with Gasteiger partial charge in [0.2, 0.25) is 0 Å². The molecule has 0 aliphatic carbocycles. The van der Waals surface area contributed by atoms with E-state index in [0.717, 1.165) is 21.5 Å². The summed E-state index contributed by atoms with van der Waals surface area (Å²) in [7, 11) is 0. The van der Waals surface area contributed by atoms with Gasteiger partial charge >= 0.3 is 0 Å². The summed E-state index contributed by atoms with van der Waals surface area (Å²) < 4.78 is 2.14. The van der Waals surface area contributed by atoms with Gasteiger partial charge in [-0.1, -0.05) is 12.1 Å². The van der Waals surface area contributed by atoms with E-state index in [2.05, 4.69) is 34.8 Å². The maximum absolute atomic E-state index is 11.9. The van der Waals surface area contributed by atoms with Gasteiger partial charge in [0.25, 0.3) is 5.91 Å². The van der Waals surface area contributed by atoms with Crippen LogP contribution in [0.3, 0.4) is 0 Å². The topological polar surface area (TPSA) is 46.9 Å². The Morgan fingerprint density at radius 3 is 2.95 bits per heavy atom. The van der Waals surface area contributed by atoms with Crippen LogP contribution < -0.4 is 5.32 Å². The first-order valence-corrected chi connectivity index (χ1v) is 7.80. The summed E-state index contributed by atoms with van der Waals surface area (Å²) in [4.78, 5) is 17.1. The monoisotopic (exact) mass is 299 g/mol. The first-order valence-electron chi connectivity index (χ1n) is 6.92. The molecule has 1 amide bonds. The molecule has 0 unspecified atom stereocenters. The number of fused-ring (bicyclic) bond motifs is 1. The third-order valence-electron chi connectivity index (χ3n) is 3.39. The van der Waals surface area contributed by atoms with Crippen molar-refractivity contribution in [1.29, 1.82) is 0 Å². The van der Waals surface area contributed by atoms with Crippen molar-refractivity contribution in [1.82, 2.24) is 14.9 Å². The molecule has 0 aliphatic rings. The highest BCUT2D eigenvalue weighted by Gasteiger charge is 2.08. The Kier molecular flexibility index (Phi) is 3.75. The lowest BCUT2D eigenvalue weighted by Crippen LogP contribution is -2.21. The number of rotatable bonds is 4. The summed E-state index contributed by atoms with van der Waals surface area (Å²) in [6.45, 7) is 4.79. The van der Waals surface area contributed by atoms with Crippen LogP contribution in [-0.2, 0) is 6.54 Å². The Bertz CT molecular complexity index is 759. The zero-order chi connectivity index (χ0) is 14.8. The number of amides is 1. The van der Waals surface area contributed by atoms with Gasteiger partial charge in [0.1, 0.15) is 0 Å². The first-order chi connectivity index (χ1) is 10.1. The standard InChI is InChI=1S/C16H17N3OS/c1-11(2)19-10-18-13-8-12(5-6-14(13)19)9-17-16(20)15-4-3-7-21-15/h3-8,10-11H,9H2,1-2H3,(H,17,20). The average Bonchev–Trinajstić information content (AvgIpc) is 3.13. The molecule has 1 aromatic carbocycles. The maximum atomic E-state index is 11.9. The van der Waals surface area contributed by atoms with E-state index in [0.29, 0.717) is 12.6 Å². The number of hydrogen-bond acceptors (Lipinski definition) is 3. The van der Waals surface area contributed by atoms with Gasteiger partial charge in [-0.15, -0.1) is 11.3 Å². The number of thiophene rings is 1. The molecule has 4 nitrogen and oxygen atoms in total. The molecule has 1 N–H and O–H groups in total. The van der Waals surface area contributed by atoms with Gasteiger partial charge in [-0.2, -0.15) is 0 Å². The zero-order valence-corrected chi connectivity index (χ0v) is 12.9. The number of carbonyl (C=O) groups is 1. The second-order valence-corrected chi connectivity index (χ2v) is 6.18. The van der Waals surface area contributed by atoms with Gasteiger partial charge in [-0.05, 0) is 43.0 Å². The molecule has 2 aromatic heterocycles. The highest BCUT2D eigenvalue weighted by atomic mass is 32.1. The normalized spacial score (nSPS) is 11.2. The van der Waals surface area contributed by atoms with Crippen molar-refractivity contribution in [2.75, 3.05) is 0 Å². The number of carbonyl (C=O) groups excluding carboxylic acids is 1. The number of hydrogen-bond donors (Lipinski definition) is 1. The molecule has 0 atom stereocenters. The molecule has 0 fully saturated rings. The minimum Gasteiger partial charge on any atom is -0.347 e. The number of nitrogens with one attached hydrogen (secondary N) is 1. The molecular weight excluding hydrogens is 282 g/mol. The quantitative estimate of drug-likeness (QED) is 0.800. The van der Waals surface area contributed by atoms with E-state index in [9.17, 15) is 4.79 Å². The number of imidazole rings is 1. The van der Waals surface area contributed by atoms with Crippen molar-refractivity contribution < 1.29 is 4.79 Å². The Hall–Kier alpha value is -2.14. The van der Waals surface area contributed by atoms with Crippen molar-refractivity contribution in [3.05, 3.63) is 52.5 Å². The second kappa shape index (κ2) is 5.69. The lowest BCUT2D eigenvalue weighted by molar-refractivity contribution is 0.0955. The molecule has 0 aliphatic heterocycles. The number of aromatic nitrogens is 2. The SMILES string of the molecule is CC(C)n1cnc2cc(CNC(=O)c3cccs3)ccc21. The molecule has 3 aromatic rings. The van der Waals surface area contributed by atoms with Gasteiger partial charge in [-0.25, -0.2) is 4.98 Å². The van der Waals surface area contributed by atoms with Crippen molar-refractivity contribution in [2.24, 2.45) is 0 Å². The predicted octanol–water partition coefficient (Wildman–Crippen LogP) is 3.61. The summed E-state index contributed by atoms with van der Waals surface area (Å²) in [6, 6.07) is 10.2. The highest BCUT2D eigenvalue weighted by Crippen LogP contribution is 2.19. The Morgan fingerprint density at radius 1 is 1.38 bits per heavy atom. The molecular formula is C16H17N3OS. The van der Waals surface area contributed by atoms with Crippen LogP contribution in [0.4, 0.5) is 0 Å². The Morgan fingerprint density at radius 2 is 2.24 bits per heavy atom. The fourth-order valence-electron chi connectivity index (χ4n) is 2.28. The Balaban J connectivity index is 1.75. The smallest absolute Gasteiger partial charge is 0.261 e. The summed E-state index contributed by atoms with van der Waals surface area (Å²) >= 11 is 1.45. The first kappa shape index (κ1) is 13.8. The van der Waals surface area contributed by atoms with Gasteiger partial charge in [0.05, 0.1) is 22.2 Å².